The van der Waals surface area contributed by atoms with Gasteiger partial charge in [-0.2, -0.15) is 0 Å². The van der Waals surface area contributed by atoms with E-state index in [1.54, 1.807) is 0 Å². The van der Waals surface area contributed by atoms with Crippen LogP contribution in [0.1, 0.15) is 33.1 Å². The molecule has 2 nitrogen and oxygen atoms in total. The minimum Gasteiger partial charge on any atom is -0.396 e. The first-order valence-electron chi connectivity index (χ1n) is 5.03. The quantitative estimate of drug-likeness (QED) is 0.635. The Morgan fingerprint density at radius 1 is 1.54 bits per heavy atom. The molecule has 74 valence electrons. The molecule has 0 aromatic carbocycles. The smallest absolute Gasteiger partial charge is 0.0744 e. The zero-order valence-electron chi connectivity index (χ0n) is 8.38. The molecule has 1 fully saturated rings. The molecule has 2 heteroatoms. The summed E-state index contributed by atoms with van der Waals surface area (Å²) in [5.41, 5.74) is 0.909. The fourth-order valence-corrected chi connectivity index (χ4v) is 2.84. The standard InChI is InChI=1S/C11H18O2/c1-10(2)9-7-11(10,13)5-3-8(9)4-6-12/h3,9,12-13H,4-7H2,1-2H3/t9-,11+/m0/s1. The molecule has 0 saturated heterocycles. The highest BCUT2D eigenvalue weighted by molar-refractivity contribution is 5.29. The third kappa shape index (κ3) is 1.02. The number of fused-ring (bicyclic) bond motifs is 1. The van der Waals surface area contributed by atoms with Gasteiger partial charge in [0.15, 0.2) is 0 Å². The Hall–Kier alpha value is -0.340. The van der Waals surface area contributed by atoms with E-state index in [0.29, 0.717) is 5.92 Å². The fourth-order valence-electron chi connectivity index (χ4n) is 2.84. The maximum atomic E-state index is 10.1. The fraction of sp³-hybridized carbons (Fsp3) is 0.818. The maximum absolute atomic E-state index is 10.1. The number of aliphatic hydroxyl groups is 2. The molecule has 2 atom stereocenters. The lowest BCUT2D eigenvalue weighted by Gasteiger charge is -2.62. The highest BCUT2D eigenvalue weighted by Gasteiger charge is 2.61. The normalized spacial score (nSPS) is 40.9. The zero-order valence-corrected chi connectivity index (χ0v) is 8.38. The van der Waals surface area contributed by atoms with Gasteiger partial charge in [0.1, 0.15) is 0 Å². The van der Waals surface area contributed by atoms with Gasteiger partial charge in [0.05, 0.1) is 5.60 Å². The lowest BCUT2D eigenvalue weighted by atomic mass is 9.45. The number of hydrogen-bond acceptors (Lipinski definition) is 2. The van der Waals surface area contributed by atoms with E-state index in [4.69, 9.17) is 5.11 Å². The van der Waals surface area contributed by atoms with Crippen molar-refractivity contribution in [2.24, 2.45) is 11.3 Å². The highest BCUT2D eigenvalue weighted by atomic mass is 16.3. The van der Waals surface area contributed by atoms with Crippen LogP contribution in [0, 0.1) is 11.3 Å². The Bertz CT molecular complexity index is 255. The number of aliphatic hydroxyl groups excluding tert-OH is 1. The summed E-state index contributed by atoms with van der Waals surface area (Å²) in [5, 5.41) is 19.0. The van der Waals surface area contributed by atoms with Crippen molar-refractivity contribution in [1.82, 2.24) is 0 Å². The molecule has 3 aliphatic carbocycles. The van der Waals surface area contributed by atoms with Gasteiger partial charge >= 0.3 is 0 Å². The lowest BCUT2D eigenvalue weighted by molar-refractivity contribution is -0.189. The molecule has 3 rings (SSSR count). The third-order valence-corrected chi connectivity index (χ3v) is 4.16. The molecule has 2 bridgehead atoms. The Morgan fingerprint density at radius 3 is 2.69 bits per heavy atom. The average Bonchev–Trinajstić information content (AvgIpc) is 2.08. The van der Waals surface area contributed by atoms with Gasteiger partial charge < -0.3 is 10.2 Å². The van der Waals surface area contributed by atoms with Crippen LogP contribution in [-0.4, -0.2) is 22.4 Å². The van der Waals surface area contributed by atoms with Crippen molar-refractivity contribution >= 4 is 0 Å². The van der Waals surface area contributed by atoms with Gasteiger partial charge in [-0.05, 0) is 25.2 Å². The van der Waals surface area contributed by atoms with Crippen LogP contribution < -0.4 is 0 Å². The summed E-state index contributed by atoms with van der Waals surface area (Å²) in [6, 6.07) is 0. The molecule has 0 amide bonds. The van der Waals surface area contributed by atoms with Crippen molar-refractivity contribution < 1.29 is 10.2 Å². The lowest BCUT2D eigenvalue weighted by Crippen LogP contribution is -2.62. The van der Waals surface area contributed by atoms with Crippen LogP contribution in [0.5, 0.6) is 0 Å². The second kappa shape index (κ2) is 2.58. The van der Waals surface area contributed by atoms with Crippen LogP contribution in [0.15, 0.2) is 11.6 Å². The second-order valence-corrected chi connectivity index (χ2v) is 4.97. The molecule has 2 N–H and O–H groups in total. The predicted octanol–water partition coefficient (Wildman–Crippen LogP) is 1.48. The first-order chi connectivity index (χ1) is 6.01. The van der Waals surface area contributed by atoms with Gasteiger partial charge in [0, 0.05) is 12.0 Å². The molecule has 0 aromatic heterocycles. The SMILES string of the molecule is CC1(C)[C@H]2C[C@]1(O)CC=C2CCO. The van der Waals surface area contributed by atoms with Crippen LogP contribution in [-0.2, 0) is 0 Å². The van der Waals surface area contributed by atoms with Crippen molar-refractivity contribution in [1.29, 1.82) is 0 Å². The van der Waals surface area contributed by atoms with E-state index in [1.807, 2.05) is 0 Å². The minimum absolute atomic E-state index is 0.0201. The van der Waals surface area contributed by atoms with Crippen molar-refractivity contribution in [3.8, 4) is 0 Å². The molecular weight excluding hydrogens is 164 g/mol. The molecule has 0 heterocycles. The molecular formula is C11H18O2. The molecule has 13 heavy (non-hydrogen) atoms. The van der Waals surface area contributed by atoms with E-state index in [-0.39, 0.29) is 12.0 Å². The van der Waals surface area contributed by atoms with E-state index in [1.165, 1.54) is 5.57 Å². The highest BCUT2D eigenvalue weighted by Crippen LogP contribution is 2.62. The van der Waals surface area contributed by atoms with Gasteiger partial charge in [0.2, 0.25) is 0 Å². The molecule has 0 aliphatic heterocycles. The first kappa shape index (κ1) is 9.22. The topological polar surface area (TPSA) is 40.5 Å². The van der Waals surface area contributed by atoms with Crippen molar-refractivity contribution in [3.63, 3.8) is 0 Å². The third-order valence-electron chi connectivity index (χ3n) is 4.16. The first-order valence-corrected chi connectivity index (χ1v) is 5.03. The summed E-state index contributed by atoms with van der Waals surface area (Å²) in [5.74, 6) is 0.499. The van der Waals surface area contributed by atoms with Crippen LogP contribution in [0.4, 0.5) is 0 Å². The molecule has 3 aliphatic rings. The summed E-state index contributed by atoms with van der Waals surface area (Å²) in [7, 11) is 0. The molecule has 0 spiro atoms. The maximum Gasteiger partial charge on any atom is 0.0744 e. The molecule has 0 unspecified atom stereocenters. The van der Waals surface area contributed by atoms with Crippen molar-refractivity contribution in [2.75, 3.05) is 6.61 Å². The molecule has 0 radical (unpaired) electrons. The van der Waals surface area contributed by atoms with E-state index in [2.05, 4.69) is 19.9 Å². The van der Waals surface area contributed by atoms with E-state index >= 15 is 0 Å². The Labute approximate surface area is 79.3 Å². The van der Waals surface area contributed by atoms with Gasteiger partial charge in [-0.15, -0.1) is 0 Å². The summed E-state index contributed by atoms with van der Waals surface area (Å²) in [4.78, 5) is 0. The molecule has 0 aromatic rings. The van der Waals surface area contributed by atoms with Gasteiger partial charge in [-0.25, -0.2) is 0 Å². The minimum atomic E-state index is -0.462. The van der Waals surface area contributed by atoms with Gasteiger partial charge in [0.25, 0.3) is 0 Å². The second-order valence-electron chi connectivity index (χ2n) is 4.97. The molecule has 1 saturated carbocycles. The Morgan fingerprint density at radius 2 is 2.23 bits per heavy atom. The largest absolute Gasteiger partial charge is 0.396 e. The van der Waals surface area contributed by atoms with E-state index in [9.17, 15) is 5.11 Å². The Kier molecular flexibility index (Phi) is 1.83. The zero-order chi connectivity index (χ0) is 9.69. The average molecular weight is 182 g/mol. The van der Waals surface area contributed by atoms with E-state index in [0.717, 1.165) is 19.3 Å². The van der Waals surface area contributed by atoms with Gasteiger partial charge in [-0.1, -0.05) is 25.5 Å². The van der Waals surface area contributed by atoms with Crippen LogP contribution in [0.2, 0.25) is 0 Å². The Balaban J connectivity index is 2.21. The summed E-state index contributed by atoms with van der Waals surface area (Å²) >= 11 is 0. The predicted molar refractivity (Wildman–Crippen MR) is 51.2 cm³/mol. The summed E-state index contributed by atoms with van der Waals surface area (Å²) in [6.45, 7) is 4.49. The monoisotopic (exact) mass is 182 g/mol. The summed E-state index contributed by atoms with van der Waals surface area (Å²) in [6.07, 6.45) is 4.57. The summed E-state index contributed by atoms with van der Waals surface area (Å²) < 4.78 is 0. The number of hydrogen-bond donors (Lipinski definition) is 2. The van der Waals surface area contributed by atoms with Crippen molar-refractivity contribution in [3.05, 3.63) is 11.6 Å². The van der Waals surface area contributed by atoms with Crippen molar-refractivity contribution in [2.45, 2.75) is 38.7 Å². The number of rotatable bonds is 2. The van der Waals surface area contributed by atoms with Crippen LogP contribution in [0.3, 0.4) is 0 Å². The van der Waals surface area contributed by atoms with Gasteiger partial charge in [-0.3, -0.25) is 0 Å². The van der Waals surface area contributed by atoms with Crippen LogP contribution in [0.25, 0.3) is 0 Å². The van der Waals surface area contributed by atoms with E-state index < -0.39 is 5.60 Å². The van der Waals surface area contributed by atoms with Crippen LogP contribution >= 0.6 is 0 Å².